The summed E-state index contributed by atoms with van der Waals surface area (Å²) in [5.41, 5.74) is 5.92. The molecule has 1 fully saturated rings. The van der Waals surface area contributed by atoms with Crippen molar-refractivity contribution in [3.8, 4) is 5.75 Å². The standard InChI is InChI=1S/C13H19FN2O3S/c1-19-13-7-6-9(8-10(13)14)20(17,18)16-12-5-3-2-4-11(12)15/h6-8,11-12,16H,2-5,15H2,1H3/t11-,12-/m1/s1. The summed E-state index contributed by atoms with van der Waals surface area (Å²) >= 11 is 0. The molecule has 0 bridgehead atoms. The zero-order chi connectivity index (χ0) is 14.8. The van der Waals surface area contributed by atoms with Crippen molar-refractivity contribution < 1.29 is 17.5 Å². The molecule has 112 valence electrons. The first-order chi connectivity index (χ1) is 9.44. The Morgan fingerprint density at radius 2 is 2.05 bits per heavy atom. The van der Waals surface area contributed by atoms with Gasteiger partial charge >= 0.3 is 0 Å². The summed E-state index contributed by atoms with van der Waals surface area (Å²) < 4.78 is 45.4. The fraction of sp³-hybridized carbons (Fsp3) is 0.538. The summed E-state index contributed by atoms with van der Waals surface area (Å²) in [6.07, 6.45) is 3.46. The maximum Gasteiger partial charge on any atom is 0.240 e. The van der Waals surface area contributed by atoms with Gasteiger partial charge in [0.2, 0.25) is 10.0 Å². The number of benzene rings is 1. The largest absolute Gasteiger partial charge is 0.494 e. The predicted octanol–water partition coefficient (Wildman–Crippen LogP) is 1.38. The van der Waals surface area contributed by atoms with Gasteiger partial charge in [0.15, 0.2) is 11.6 Å². The van der Waals surface area contributed by atoms with E-state index in [-0.39, 0.29) is 22.7 Å². The third kappa shape index (κ3) is 3.28. The molecule has 1 aliphatic rings. The maximum absolute atomic E-state index is 13.6. The molecule has 20 heavy (non-hydrogen) atoms. The average Bonchev–Trinajstić information content (AvgIpc) is 2.41. The van der Waals surface area contributed by atoms with Crippen LogP contribution in [0.1, 0.15) is 25.7 Å². The second kappa shape index (κ2) is 6.07. The number of nitrogens with one attached hydrogen (secondary N) is 1. The Bertz CT molecular complexity index is 577. The van der Waals surface area contributed by atoms with Gasteiger partial charge in [0.1, 0.15) is 0 Å². The summed E-state index contributed by atoms with van der Waals surface area (Å²) in [4.78, 5) is -0.117. The summed E-state index contributed by atoms with van der Waals surface area (Å²) in [7, 11) is -2.44. The van der Waals surface area contributed by atoms with Gasteiger partial charge in [-0.3, -0.25) is 0 Å². The summed E-state index contributed by atoms with van der Waals surface area (Å²) in [5.74, 6) is -0.693. The zero-order valence-corrected chi connectivity index (χ0v) is 12.1. The van der Waals surface area contributed by atoms with Crippen LogP contribution in [0.25, 0.3) is 0 Å². The van der Waals surface area contributed by atoms with Crippen LogP contribution >= 0.6 is 0 Å². The van der Waals surface area contributed by atoms with Crippen LogP contribution in [0.15, 0.2) is 23.1 Å². The molecule has 2 atom stereocenters. The molecule has 1 aromatic carbocycles. The molecule has 0 spiro atoms. The van der Waals surface area contributed by atoms with E-state index < -0.39 is 15.8 Å². The zero-order valence-electron chi connectivity index (χ0n) is 11.3. The van der Waals surface area contributed by atoms with E-state index in [0.29, 0.717) is 6.42 Å². The first-order valence-electron chi connectivity index (χ1n) is 6.55. The van der Waals surface area contributed by atoms with Gasteiger partial charge in [0.05, 0.1) is 12.0 Å². The van der Waals surface area contributed by atoms with Crippen LogP contribution in [0.5, 0.6) is 5.75 Å². The van der Waals surface area contributed by atoms with Crippen molar-refractivity contribution in [3.63, 3.8) is 0 Å². The first kappa shape index (κ1) is 15.2. The van der Waals surface area contributed by atoms with Gasteiger partial charge in [-0.1, -0.05) is 12.8 Å². The van der Waals surface area contributed by atoms with E-state index in [1.54, 1.807) is 0 Å². The van der Waals surface area contributed by atoms with Crippen LogP contribution in [0, 0.1) is 5.82 Å². The van der Waals surface area contributed by atoms with Crippen LogP contribution < -0.4 is 15.2 Å². The first-order valence-corrected chi connectivity index (χ1v) is 8.04. The molecule has 3 N–H and O–H groups in total. The summed E-state index contributed by atoms with van der Waals surface area (Å²) in [6.45, 7) is 0. The quantitative estimate of drug-likeness (QED) is 0.880. The smallest absolute Gasteiger partial charge is 0.240 e. The van der Waals surface area contributed by atoms with Crippen molar-refractivity contribution in [2.24, 2.45) is 5.73 Å². The van der Waals surface area contributed by atoms with E-state index in [2.05, 4.69) is 4.72 Å². The molecule has 0 heterocycles. The molecule has 2 rings (SSSR count). The number of nitrogens with two attached hydrogens (primary N) is 1. The van der Waals surface area contributed by atoms with Crippen LogP contribution in [-0.2, 0) is 10.0 Å². The topological polar surface area (TPSA) is 81.4 Å². The Labute approximate surface area is 118 Å². The average molecular weight is 302 g/mol. The lowest BCUT2D eigenvalue weighted by molar-refractivity contribution is 0.361. The lowest BCUT2D eigenvalue weighted by Crippen LogP contribution is -2.49. The van der Waals surface area contributed by atoms with Gasteiger partial charge < -0.3 is 10.5 Å². The molecular weight excluding hydrogens is 283 g/mol. The highest BCUT2D eigenvalue weighted by molar-refractivity contribution is 7.89. The van der Waals surface area contributed by atoms with Crippen molar-refractivity contribution in [1.29, 1.82) is 0 Å². The van der Waals surface area contributed by atoms with Gasteiger partial charge in [-0.25, -0.2) is 17.5 Å². The Balaban J connectivity index is 2.19. The summed E-state index contributed by atoms with van der Waals surface area (Å²) in [5, 5.41) is 0. The lowest BCUT2D eigenvalue weighted by atomic mass is 9.92. The number of ether oxygens (including phenoxy) is 1. The number of methoxy groups -OCH3 is 1. The third-order valence-electron chi connectivity index (χ3n) is 3.56. The SMILES string of the molecule is COc1ccc(S(=O)(=O)N[C@@H]2CCCC[C@H]2N)cc1F. The van der Waals surface area contributed by atoms with Crippen molar-refractivity contribution in [2.45, 2.75) is 42.7 Å². The molecule has 0 aromatic heterocycles. The van der Waals surface area contributed by atoms with E-state index >= 15 is 0 Å². The summed E-state index contributed by atoms with van der Waals surface area (Å²) in [6, 6.07) is 3.08. The lowest BCUT2D eigenvalue weighted by Gasteiger charge is -2.29. The van der Waals surface area contributed by atoms with Crippen LogP contribution in [0.4, 0.5) is 4.39 Å². The van der Waals surface area contributed by atoms with Crippen LogP contribution in [0.3, 0.4) is 0 Å². The van der Waals surface area contributed by atoms with Crippen LogP contribution in [0.2, 0.25) is 0 Å². The Morgan fingerprint density at radius 3 is 2.65 bits per heavy atom. The van der Waals surface area contributed by atoms with E-state index in [0.717, 1.165) is 25.3 Å². The minimum atomic E-state index is -3.77. The molecule has 0 saturated heterocycles. The minimum absolute atomic E-state index is 0.0123. The van der Waals surface area contributed by atoms with Gasteiger partial charge in [0.25, 0.3) is 0 Å². The number of hydrogen-bond donors (Lipinski definition) is 2. The Kier molecular flexibility index (Phi) is 4.62. The number of sulfonamides is 1. The molecule has 0 aliphatic heterocycles. The minimum Gasteiger partial charge on any atom is -0.494 e. The fourth-order valence-corrected chi connectivity index (χ4v) is 3.72. The predicted molar refractivity (Wildman–Crippen MR) is 73.5 cm³/mol. The molecule has 0 unspecified atom stereocenters. The van der Waals surface area contributed by atoms with E-state index in [1.807, 2.05) is 0 Å². The highest BCUT2D eigenvalue weighted by atomic mass is 32.2. The molecular formula is C13H19FN2O3S. The third-order valence-corrected chi connectivity index (χ3v) is 5.05. The maximum atomic E-state index is 13.6. The van der Waals surface area contributed by atoms with Crippen molar-refractivity contribution in [2.75, 3.05) is 7.11 Å². The molecule has 5 nitrogen and oxygen atoms in total. The fourth-order valence-electron chi connectivity index (χ4n) is 2.39. The number of hydrogen-bond acceptors (Lipinski definition) is 4. The number of rotatable bonds is 4. The molecule has 0 amide bonds. The second-order valence-corrected chi connectivity index (χ2v) is 6.69. The Morgan fingerprint density at radius 1 is 1.35 bits per heavy atom. The van der Waals surface area contributed by atoms with E-state index in [9.17, 15) is 12.8 Å². The van der Waals surface area contributed by atoms with Crippen molar-refractivity contribution in [1.82, 2.24) is 4.72 Å². The monoisotopic (exact) mass is 302 g/mol. The van der Waals surface area contributed by atoms with E-state index in [4.69, 9.17) is 10.5 Å². The van der Waals surface area contributed by atoms with Gasteiger partial charge in [-0.2, -0.15) is 0 Å². The van der Waals surface area contributed by atoms with Gasteiger partial charge in [0, 0.05) is 12.1 Å². The molecule has 1 aromatic rings. The van der Waals surface area contributed by atoms with E-state index in [1.165, 1.54) is 19.2 Å². The normalized spacial score (nSPS) is 23.6. The highest BCUT2D eigenvalue weighted by Gasteiger charge is 2.27. The van der Waals surface area contributed by atoms with Crippen molar-refractivity contribution >= 4 is 10.0 Å². The van der Waals surface area contributed by atoms with Crippen LogP contribution in [-0.4, -0.2) is 27.6 Å². The molecule has 1 aliphatic carbocycles. The van der Waals surface area contributed by atoms with Gasteiger partial charge in [-0.15, -0.1) is 0 Å². The Hall–Kier alpha value is -1.18. The number of halogens is 1. The second-order valence-electron chi connectivity index (χ2n) is 4.97. The molecule has 7 heteroatoms. The molecule has 0 radical (unpaired) electrons. The van der Waals surface area contributed by atoms with Crippen molar-refractivity contribution in [3.05, 3.63) is 24.0 Å². The van der Waals surface area contributed by atoms with Gasteiger partial charge in [-0.05, 0) is 31.0 Å². The highest BCUT2D eigenvalue weighted by Crippen LogP contribution is 2.23. The molecule has 1 saturated carbocycles.